The number of carbonyl (C=O) groups excluding carboxylic acids is 1. The molecule has 0 saturated carbocycles. The molecule has 0 spiro atoms. The van der Waals surface area contributed by atoms with Gasteiger partial charge in [-0.3, -0.25) is 0 Å². The summed E-state index contributed by atoms with van der Waals surface area (Å²) in [5.41, 5.74) is 0.879. The van der Waals surface area contributed by atoms with Crippen molar-refractivity contribution in [1.29, 1.82) is 0 Å². The van der Waals surface area contributed by atoms with E-state index in [0.29, 0.717) is 0 Å². The van der Waals surface area contributed by atoms with Crippen LogP contribution in [0.4, 0.5) is 17.7 Å². The van der Waals surface area contributed by atoms with Crippen molar-refractivity contribution in [3.05, 3.63) is 35.9 Å². The predicted molar refractivity (Wildman–Crippen MR) is 73.7 cm³/mol. The van der Waals surface area contributed by atoms with Gasteiger partial charge in [0.1, 0.15) is 6.61 Å². The predicted octanol–water partition coefficient (Wildman–Crippen LogP) is -0.669. The Bertz CT molecular complexity index is 468. The molecule has 1 aromatic carbocycles. The molecule has 0 atom stereocenters. The maximum atomic E-state index is 12.3. The van der Waals surface area contributed by atoms with E-state index in [2.05, 4.69) is 0 Å². The summed E-state index contributed by atoms with van der Waals surface area (Å²) in [6.07, 6.45) is -1.34. The third kappa shape index (κ3) is 7.01. The summed E-state index contributed by atoms with van der Waals surface area (Å²) in [5, 5.41) is 0. The molecule has 1 fully saturated rings. The fourth-order valence-corrected chi connectivity index (χ4v) is 2.22. The molecule has 0 aromatic heterocycles. The van der Waals surface area contributed by atoms with E-state index in [4.69, 9.17) is 4.74 Å². The van der Waals surface area contributed by atoms with Gasteiger partial charge in [0.05, 0.1) is 0 Å². The summed E-state index contributed by atoms with van der Waals surface area (Å²) in [6, 6.07) is 9.25. The van der Waals surface area contributed by atoms with E-state index in [1.54, 1.807) is 0 Å². The quantitative estimate of drug-likeness (QED) is 0.682. The minimum absolute atomic E-state index is 0. The molecule has 1 aliphatic heterocycles. The summed E-state index contributed by atoms with van der Waals surface area (Å²) in [7, 11) is 0. The van der Waals surface area contributed by atoms with Crippen LogP contribution in [-0.4, -0.2) is 55.5 Å². The molecule has 9 heteroatoms. The molecule has 1 aliphatic rings. The van der Waals surface area contributed by atoms with Crippen molar-refractivity contribution in [3.8, 4) is 0 Å². The van der Waals surface area contributed by atoms with Crippen LogP contribution in [0.5, 0.6) is 0 Å². The number of halogens is 3. The van der Waals surface area contributed by atoms with E-state index in [1.165, 1.54) is 9.80 Å². The Morgan fingerprint density at radius 1 is 1.09 bits per heavy atom. The van der Waals surface area contributed by atoms with E-state index < -0.39 is 19.5 Å². The first-order chi connectivity index (χ1) is 9.94. The van der Waals surface area contributed by atoms with Gasteiger partial charge >= 0.3 is 64.5 Å². The zero-order valence-corrected chi connectivity index (χ0v) is 15.7. The Morgan fingerprint density at radius 2 is 1.68 bits per heavy atom. The third-order valence-electron chi connectivity index (χ3n) is 3.30. The topological polar surface area (TPSA) is 32.8 Å². The number of amides is 1. The van der Waals surface area contributed by atoms with Crippen molar-refractivity contribution < 1.29 is 73.9 Å². The molecule has 0 bridgehead atoms. The van der Waals surface area contributed by atoms with Gasteiger partial charge in [-0.15, -0.1) is 0 Å². The summed E-state index contributed by atoms with van der Waals surface area (Å²) < 4.78 is 42.1. The van der Waals surface area contributed by atoms with Crippen LogP contribution in [-0.2, 0) is 11.3 Å². The van der Waals surface area contributed by atoms with Crippen molar-refractivity contribution in [3.63, 3.8) is 0 Å². The van der Waals surface area contributed by atoms with E-state index in [0.717, 1.165) is 5.56 Å². The molecule has 1 aromatic rings. The normalized spacial score (nSPS) is 16.0. The van der Waals surface area contributed by atoms with Gasteiger partial charge in [0, 0.05) is 26.2 Å². The van der Waals surface area contributed by atoms with Gasteiger partial charge in [-0.25, -0.2) is 4.79 Å². The molecule has 0 N–H and O–H groups in total. The molecule has 0 aliphatic carbocycles. The second kappa shape index (κ2) is 9.29. The Labute approximate surface area is 170 Å². The van der Waals surface area contributed by atoms with Gasteiger partial charge in [0.2, 0.25) is 0 Å². The molecule has 1 saturated heterocycles. The Balaban J connectivity index is 0.00000242. The van der Waals surface area contributed by atoms with Crippen LogP contribution < -0.4 is 51.4 Å². The van der Waals surface area contributed by atoms with Crippen LogP contribution in [0.1, 0.15) is 5.56 Å². The smallest absolute Gasteiger partial charge is 0.448 e. The Kier molecular flexibility index (Phi) is 8.44. The minimum atomic E-state index is -4.81. The van der Waals surface area contributed by atoms with Gasteiger partial charge in [0.25, 0.3) is 0 Å². The second-order valence-electron chi connectivity index (χ2n) is 5.04. The number of carbonyl (C=O) groups is 1. The van der Waals surface area contributed by atoms with Crippen LogP contribution >= 0.6 is 0 Å². The zero-order valence-electron chi connectivity index (χ0n) is 12.6. The van der Waals surface area contributed by atoms with Gasteiger partial charge in [-0.2, -0.15) is 0 Å². The fraction of sp³-hybridized carbons (Fsp3) is 0.462. The molecule has 1 heterocycles. The molecule has 116 valence electrons. The van der Waals surface area contributed by atoms with E-state index in [9.17, 15) is 17.7 Å². The number of hydrogen-bond acceptors (Lipinski definition) is 3. The Hall–Kier alpha value is -0.0587. The minimum Gasteiger partial charge on any atom is -0.448 e. The van der Waals surface area contributed by atoms with Crippen molar-refractivity contribution >= 4 is 13.1 Å². The molecule has 4 nitrogen and oxygen atoms in total. The molecular weight excluding hydrogens is 323 g/mol. The first-order valence-electron chi connectivity index (χ1n) is 6.83. The molecule has 1 amide bonds. The molecule has 2 rings (SSSR count). The molecule has 22 heavy (non-hydrogen) atoms. The van der Waals surface area contributed by atoms with Gasteiger partial charge in [-0.05, 0) is 12.0 Å². The summed E-state index contributed by atoms with van der Waals surface area (Å²) >= 11 is 0. The first kappa shape index (κ1) is 20.0. The van der Waals surface area contributed by atoms with Crippen LogP contribution in [0.25, 0.3) is 0 Å². The Morgan fingerprint density at radius 3 is 2.23 bits per heavy atom. The average molecular weight is 340 g/mol. The van der Waals surface area contributed by atoms with Gasteiger partial charge in [0.15, 0.2) is 0 Å². The van der Waals surface area contributed by atoms with Gasteiger partial charge < -0.3 is 27.5 Å². The van der Waals surface area contributed by atoms with E-state index in [-0.39, 0.29) is 84.2 Å². The fourth-order valence-electron chi connectivity index (χ4n) is 2.22. The van der Waals surface area contributed by atoms with Crippen LogP contribution in [0.2, 0.25) is 0 Å². The van der Waals surface area contributed by atoms with Crippen molar-refractivity contribution in [2.24, 2.45) is 0 Å². The second-order valence-corrected chi connectivity index (χ2v) is 5.04. The number of rotatable bonds is 4. The maximum Gasteiger partial charge on any atom is 1.00 e. The molecule has 0 unspecified atom stereocenters. The van der Waals surface area contributed by atoms with Crippen molar-refractivity contribution in [2.75, 3.05) is 32.6 Å². The molecule has 0 radical (unpaired) electrons. The number of ether oxygens (including phenoxy) is 1. The summed E-state index contributed by atoms with van der Waals surface area (Å²) in [5.74, 6) is 0. The number of nitrogens with zero attached hydrogens (tertiary/aromatic N) is 2. The maximum absolute atomic E-state index is 12.3. The third-order valence-corrected chi connectivity index (χ3v) is 3.30. The number of piperazine rings is 1. The zero-order chi connectivity index (χ0) is 15.3. The average Bonchev–Trinajstić information content (AvgIpc) is 2.45. The largest absolute Gasteiger partial charge is 1.00 e. The SMILES string of the molecule is O=C(OCc1ccccc1)N1CCN(C[B-](F)(F)F)CC1.[K+]. The number of hydrogen-bond donors (Lipinski definition) is 0. The molecular formula is C13H17BF3KN2O2. The van der Waals surface area contributed by atoms with Crippen molar-refractivity contribution in [2.45, 2.75) is 6.61 Å². The first-order valence-corrected chi connectivity index (χ1v) is 6.83. The van der Waals surface area contributed by atoms with Crippen LogP contribution in [0.15, 0.2) is 30.3 Å². The van der Waals surface area contributed by atoms with Crippen LogP contribution in [0, 0.1) is 0 Å². The van der Waals surface area contributed by atoms with Crippen LogP contribution in [0.3, 0.4) is 0 Å². The van der Waals surface area contributed by atoms with E-state index in [1.807, 2.05) is 30.3 Å². The van der Waals surface area contributed by atoms with E-state index >= 15 is 0 Å². The van der Waals surface area contributed by atoms with Gasteiger partial charge in [-0.1, -0.05) is 30.3 Å². The standard InChI is InChI=1S/C13H17BF3N2O2.K/c15-14(16,17)11-18-6-8-19(9-7-18)13(20)21-10-12-4-2-1-3-5-12;/h1-5H,6-11H2;/q-1;+1. The summed E-state index contributed by atoms with van der Waals surface area (Å²) in [4.78, 5) is 14.6. The van der Waals surface area contributed by atoms with Crippen molar-refractivity contribution in [1.82, 2.24) is 9.80 Å². The monoisotopic (exact) mass is 340 g/mol. The number of benzene rings is 1. The summed E-state index contributed by atoms with van der Waals surface area (Å²) in [6.45, 7) is -3.66.